The number of aldehydes is 1. The van der Waals surface area contributed by atoms with Crippen molar-refractivity contribution in [1.82, 2.24) is 9.78 Å². The summed E-state index contributed by atoms with van der Waals surface area (Å²) in [6.45, 7) is 0. The van der Waals surface area contributed by atoms with Crippen molar-refractivity contribution in [3.8, 4) is 16.9 Å². The van der Waals surface area contributed by atoms with Gasteiger partial charge in [0.1, 0.15) is 5.69 Å². The third-order valence-electron chi connectivity index (χ3n) is 2.74. The summed E-state index contributed by atoms with van der Waals surface area (Å²) in [6, 6.07) is 9.76. The Balaban J connectivity index is 2.12. The van der Waals surface area contributed by atoms with Crippen LogP contribution in [0.1, 0.15) is 10.4 Å². The van der Waals surface area contributed by atoms with Crippen molar-refractivity contribution in [2.75, 3.05) is 0 Å². The lowest BCUT2D eigenvalue weighted by atomic mass is 10.2. The molecule has 0 unspecified atom stereocenters. The molecule has 0 aliphatic heterocycles. The zero-order valence-electron chi connectivity index (χ0n) is 9.79. The Morgan fingerprint density at radius 2 is 2.21 bits per heavy atom. The van der Waals surface area contributed by atoms with Crippen LogP contribution in [0, 0.1) is 0 Å². The molecule has 3 nitrogen and oxygen atoms in total. The first kappa shape index (κ1) is 12.3. The summed E-state index contributed by atoms with van der Waals surface area (Å²) >= 11 is 5.02. The second-order valence-electron chi connectivity index (χ2n) is 3.99. The summed E-state index contributed by atoms with van der Waals surface area (Å²) in [7, 11) is 0. The van der Waals surface area contributed by atoms with Gasteiger partial charge < -0.3 is 0 Å². The van der Waals surface area contributed by atoms with E-state index in [9.17, 15) is 4.79 Å². The molecule has 19 heavy (non-hydrogen) atoms. The second-order valence-corrected chi connectivity index (χ2v) is 5.68. The quantitative estimate of drug-likeness (QED) is 0.674. The number of halogens is 1. The normalized spacial score (nSPS) is 10.6. The number of carbonyl (C=O) groups is 1. The van der Waals surface area contributed by atoms with Crippen molar-refractivity contribution in [2.45, 2.75) is 0 Å². The van der Waals surface area contributed by atoms with Crippen LogP contribution in [0.25, 0.3) is 16.9 Å². The SMILES string of the molecule is O=Cc1cn(-c2cccc(Br)c2)nc1-c1ccsc1. The molecule has 0 bridgehead atoms. The predicted octanol–water partition coefficient (Wildman–Crippen LogP) is 4.18. The van der Waals surface area contributed by atoms with E-state index in [4.69, 9.17) is 0 Å². The van der Waals surface area contributed by atoms with Crippen LogP contribution in [-0.2, 0) is 0 Å². The Labute approximate surface area is 122 Å². The van der Waals surface area contributed by atoms with Crippen molar-refractivity contribution in [1.29, 1.82) is 0 Å². The number of aromatic nitrogens is 2. The van der Waals surface area contributed by atoms with Crippen molar-refractivity contribution in [3.63, 3.8) is 0 Å². The molecule has 2 heterocycles. The Hall–Kier alpha value is -1.72. The summed E-state index contributed by atoms with van der Waals surface area (Å²) in [5.41, 5.74) is 3.20. The number of carbonyl (C=O) groups excluding carboxylic acids is 1. The van der Waals surface area contributed by atoms with Gasteiger partial charge in [-0.25, -0.2) is 4.68 Å². The minimum absolute atomic E-state index is 0.596. The Morgan fingerprint density at radius 3 is 2.89 bits per heavy atom. The molecule has 5 heteroatoms. The highest BCUT2D eigenvalue weighted by molar-refractivity contribution is 9.10. The zero-order valence-corrected chi connectivity index (χ0v) is 12.2. The molecular weight excluding hydrogens is 324 g/mol. The highest BCUT2D eigenvalue weighted by Gasteiger charge is 2.11. The molecule has 0 radical (unpaired) electrons. The maximum Gasteiger partial charge on any atom is 0.153 e. The van der Waals surface area contributed by atoms with E-state index in [0.717, 1.165) is 27.7 Å². The molecule has 0 aliphatic carbocycles. The first-order valence-electron chi connectivity index (χ1n) is 5.61. The van der Waals surface area contributed by atoms with E-state index in [-0.39, 0.29) is 0 Å². The van der Waals surface area contributed by atoms with Crippen molar-refractivity contribution >= 4 is 33.6 Å². The van der Waals surface area contributed by atoms with Crippen LogP contribution in [0.2, 0.25) is 0 Å². The lowest BCUT2D eigenvalue weighted by Gasteiger charge is -2.01. The van der Waals surface area contributed by atoms with Gasteiger partial charge in [0.25, 0.3) is 0 Å². The van der Waals surface area contributed by atoms with Crippen LogP contribution in [0.4, 0.5) is 0 Å². The van der Waals surface area contributed by atoms with Gasteiger partial charge in [-0.15, -0.1) is 0 Å². The van der Waals surface area contributed by atoms with Gasteiger partial charge in [-0.1, -0.05) is 22.0 Å². The van der Waals surface area contributed by atoms with E-state index in [2.05, 4.69) is 21.0 Å². The largest absolute Gasteiger partial charge is 0.298 e. The van der Waals surface area contributed by atoms with E-state index in [0.29, 0.717) is 5.56 Å². The molecule has 1 aromatic carbocycles. The lowest BCUT2D eigenvalue weighted by molar-refractivity contribution is 0.112. The molecule has 0 amide bonds. The van der Waals surface area contributed by atoms with Crippen molar-refractivity contribution in [3.05, 3.63) is 57.3 Å². The fourth-order valence-corrected chi connectivity index (χ4v) is 2.88. The van der Waals surface area contributed by atoms with E-state index >= 15 is 0 Å². The van der Waals surface area contributed by atoms with E-state index in [1.165, 1.54) is 0 Å². The zero-order chi connectivity index (χ0) is 13.2. The van der Waals surface area contributed by atoms with Gasteiger partial charge in [-0.2, -0.15) is 16.4 Å². The molecule has 94 valence electrons. The summed E-state index contributed by atoms with van der Waals surface area (Å²) in [4.78, 5) is 11.2. The number of hydrogen-bond donors (Lipinski definition) is 0. The average Bonchev–Trinajstić information content (AvgIpc) is 3.07. The van der Waals surface area contributed by atoms with Crippen LogP contribution in [0.15, 0.2) is 51.8 Å². The van der Waals surface area contributed by atoms with Crippen LogP contribution < -0.4 is 0 Å². The second kappa shape index (κ2) is 5.11. The first-order chi connectivity index (χ1) is 9.28. The van der Waals surface area contributed by atoms with Gasteiger partial charge in [0, 0.05) is 21.6 Å². The topological polar surface area (TPSA) is 34.9 Å². The van der Waals surface area contributed by atoms with Crippen LogP contribution in [0.5, 0.6) is 0 Å². The standard InChI is InChI=1S/C14H9BrN2OS/c15-12-2-1-3-13(6-12)17-7-11(8-18)14(16-17)10-4-5-19-9-10/h1-9H. The van der Waals surface area contributed by atoms with Crippen LogP contribution in [0.3, 0.4) is 0 Å². The number of rotatable bonds is 3. The Morgan fingerprint density at radius 1 is 1.32 bits per heavy atom. The molecule has 0 spiro atoms. The number of nitrogens with zero attached hydrogens (tertiary/aromatic N) is 2. The maximum absolute atomic E-state index is 11.2. The van der Waals surface area contributed by atoms with Gasteiger partial charge >= 0.3 is 0 Å². The van der Waals surface area contributed by atoms with Crippen molar-refractivity contribution < 1.29 is 4.79 Å². The molecule has 0 fully saturated rings. The lowest BCUT2D eigenvalue weighted by Crippen LogP contribution is -1.94. The van der Waals surface area contributed by atoms with Crippen LogP contribution >= 0.6 is 27.3 Å². The third kappa shape index (κ3) is 2.39. The summed E-state index contributed by atoms with van der Waals surface area (Å²) in [5.74, 6) is 0. The molecule has 0 N–H and O–H groups in total. The number of thiophene rings is 1. The molecule has 0 atom stereocenters. The molecule has 0 saturated carbocycles. The maximum atomic E-state index is 11.2. The average molecular weight is 333 g/mol. The van der Waals surface area contributed by atoms with Crippen LogP contribution in [-0.4, -0.2) is 16.1 Å². The fraction of sp³-hybridized carbons (Fsp3) is 0. The Kier molecular flexibility index (Phi) is 3.31. The molecular formula is C14H9BrN2OS. The Bertz CT molecular complexity index is 719. The molecule has 0 aliphatic rings. The first-order valence-corrected chi connectivity index (χ1v) is 7.35. The van der Waals surface area contributed by atoms with Gasteiger partial charge in [-0.05, 0) is 29.6 Å². The summed E-state index contributed by atoms with van der Waals surface area (Å²) in [6.07, 6.45) is 2.59. The van der Waals surface area contributed by atoms with E-state index in [1.54, 1.807) is 22.2 Å². The third-order valence-corrected chi connectivity index (χ3v) is 3.91. The molecule has 0 saturated heterocycles. The van der Waals surface area contributed by atoms with Gasteiger partial charge in [0.15, 0.2) is 6.29 Å². The molecule has 3 aromatic rings. The van der Waals surface area contributed by atoms with Crippen molar-refractivity contribution in [2.24, 2.45) is 0 Å². The minimum Gasteiger partial charge on any atom is -0.298 e. The van der Waals surface area contributed by atoms with Gasteiger partial charge in [-0.3, -0.25) is 4.79 Å². The smallest absolute Gasteiger partial charge is 0.153 e. The highest BCUT2D eigenvalue weighted by Crippen LogP contribution is 2.25. The number of benzene rings is 1. The monoisotopic (exact) mass is 332 g/mol. The predicted molar refractivity (Wildman–Crippen MR) is 80.0 cm³/mol. The fourth-order valence-electron chi connectivity index (χ4n) is 1.85. The number of hydrogen-bond acceptors (Lipinski definition) is 3. The summed E-state index contributed by atoms with van der Waals surface area (Å²) < 4.78 is 2.70. The minimum atomic E-state index is 0.596. The van der Waals surface area contributed by atoms with E-state index < -0.39 is 0 Å². The highest BCUT2D eigenvalue weighted by atomic mass is 79.9. The van der Waals surface area contributed by atoms with E-state index in [1.807, 2.05) is 41.1 Å². The molecule has 3 rings (SSSR count). The molecule has 2 aromatic heterocycles. The van der Waals surface area contributed by atoms with Gasteiger partial charge in [0.2, 0.25) is 0 Å². The summed E-state index contributed by atoms with van der Waals surface area (Å²) in [5, 5.41) is 8.47. The van der Waals surface area contributed by atoms with Gasteiger partial charge in [0.05, 0.1) is 11.3 Å².